The van der Waals surface area contributed by atoms with E-state index in [1.54, 1.807) is 0 Å². The van der Waals surface area contributed by atoms with Crippen LogP contribution in [-0.4, -0.2) is 20.7 Å². The minimum absolute atomic E-state index is 0.121. The molecule has 0 fully saturated rings. The van der Waals surface area contributed by atoms with E-state index < -0.39 is 0 Å². The summed E-state index contributed by atoms with van der Waals surface area (Å²) in [5.41, 5.74) is 6.40. The van der Waals surface area contributed by atoms with Gasteiger partial charge in [-0.25, -0.2) is 4.57 Å². The number of hydrogen-bond donors (Lipinski definition) is 1. The molecule has 0 bridgehead atoms. The lowest BCUT2D eigenvalue weighted by Gasteiger charge is -2.01. The maximum absolute atomic E-state index is 11.7. The van der Waals surface area contributed by atoms with Crippen LogP contribution in [-0.2, 0) is 6.42 Å². The minimum atomic E-state index is -0.135. The van der Waals surface area contributed by atoms with Crippen molar-refractivity contribution in [1.82, 2.24) is 14.8 Å². The molecule has 0 saturated carbocycles. The maximum atomic E-state index is 11.7. The van der Waals surface area contributed by atoms with Crippen LogP contribution in [0.25, 0.3) is 0 Å². The Morgan fingerprint density at radius 3 is 2.67 bits per heavy atom. The summed E-state index contributed by atoms with van der Waals surface area (Å²) in [6, 6.07) is 9.45. The second-order valence-corrected chi connectivity index (χ2v) is 3.12. The van der Waals surface area contributed by atoms with Gasteiger partial charge in [0.05, 0.1) is 6.42 Å². The standard InChI is InChI=1S/C10H10N4O/c11-10-13-12-7-14(10)9(15)6-8-4-2-1-3-5-8/h1-5,7H,6H2,(H2,11,13). The number of nitrogens with zero attached hydrogens (tertiary/aromatic N) is 3. The lowest BCUT2D eigenvalue weighted by atomic mass is 10.1. The zero-order valence-electron chi connectivity index (χ0n) is 8.00. The first-order valence-electron chi connectivity index (χ1n) is 4.50. The quantitative estimate of drug-likeness (QED) is 0.779. The van der Waals surface area contributed by atoms with Crippen molar-refractivity contribution in [3.8, 4) is 0 Å². The molecule has 0 amide bonds. The molecule has 5 nitrogen and oxygen atoms in total. The molecule has 1 aromatic carbocycles. The first kappa shape index (κ1) is 9.39. The summed E-state index contributed by atoms with van der Waals surface area (Å²) >= 11 is 0. The van der Waals surface area contributed by atoms with Crippen LogP contribution in [0.4, 0.5) is 5.95 Å². The molecule has 0 atom stereocenters. The molecule has 15 heavy (non-hydrogen) atoms. The SMILES string of the molecule is Nc1nncn1C(=O)Cc1ccccc1. The topological polar surface area (TPSA) is 73.8 Å². The number of hydrogen-bond acceptors (Lipinski definition) is 4. The summed E-state index contributed by atoms with van der Waals surface area (Å²) in [6.07, 6.45) is 1.61. The van der Waals surface area contributed by atoms with Crippen molar-refractivity contribution in [3.05, 3.63) is 42.2 Å². The average Bonchev–Trinajstić information content (AvgIpc) is 2.66. The van der Waals surface area contributed by atoms with Gasteiger partial charge in [0.2, 0.25) is 11.9 Å². The number of benzene rings is 1. The molecule has 0 saturated heterocycles. The highest BCUT2D eigenvalue weighted by Gasteiger charge is 2.09. The fraction of sp³-hybridized carbons (Fsp3) is 0.100. The first-order chi connectivity index (χ1) is 7.27. The van der Waals surface area contributed by atoms with Crippen LogP contribution in [0.15, 0.2) is 36.7 Å². The van der Waals surface area contributed by atoms with Crippen LogP contribution in [0.1, 0.15) is 10.4 Å². The van der Waals surface area contributed by atoms with Crippen LogP contribution < -0.4 is 5.73 Å². The number of nitrogens with two attached hydrogens (primary N) is 1. The summed E-state index contributed by atoms with van der Waals surface area (Å²) in [5, 5.41) is 7.10. The Bertz CT molecular complexity index is 463. The zero-order chi connectivity index (χ0) is 10.7. The molecule has 0 aliphatic carbocycles. The van der Waals surface area contributed by atoms with E-state index in [0.29, 0.717) is 6.42 Å². The van der Waals surface area contributed by atoms with Gasteiger partial charge in [-0.2, -0.15) is 0 Å². The lowest BCUT2D eigenvalue weighted by Crippen LogP contribution is -2.15. The molecular formula is C10H10N4O. The second kappa shape index (κ2) is 3.91. The Labute approximate surface area is 86.5 Å². The monoisotopic (exact) mass is 202 g/mol. The zero-order valence-corrected chi connectivity index (χ0v) is 8.00. The van der Waals surface area contributed by atoms with Crippen molar-refractivity contribution in [2.24, 2.45) is 0 Å². The average molecular weight is 202 g/mol. The van der Waals surface area contributed by atoms with Crippen LogP contribution in [0.5, 0.6) is 0 Å². The summed E-state index contributed by atoms with van der Waals surface area (Å²) in [7, 11) is 0. The smallest absolute Gasteiger partial charge is 0.239 e. The molecule has 0 unspecified atom stereocenters. The molecule has 1 heterocycles. The number of nitrogen functional groups attached to an aromatic ring is 1. The predicted octanol–water partition coefficient (Wildman–Crippen LogP) is 0.743. The molecular weight excluding hydrogens is 192 g/mol. The molecule has 2 rings (SSSR count). The number of aromatic nitrogens is 3. The van der Waals surface area contributed by atoms with Gasteiger partial charge in [-0.05, 0) is 5.56 Å². The van der Waals surface area contributed by atoms with Gasteiger partial charge in [0.15, 0.2) is 0 Å². The van der Waals surface area contributed by atoms with Crippen molar-refractivity contribution < 1.29 is 4.79 Å². The molecule has 0 spiro atoms. The van der Waals surface area contributed by atoms with Gasteiger partial charge in [0, 0.05) is 0 Å². The highest BCUT2D eigenvalue weighted by atomic mass is 16.2. The van der Waals surface area contributed by atoms with Crippen molar-refractivity contribution in [1.29, 1.82) is 0 Å². The Morgan fingerprint density at radius 2 is 2.07 bits per heavy atom. The van der Waals surface area contributed by atoms with E-state index in [4.69, 9.17) is 5.73 Å². The van der Waals surface area contributed by atoms with Gasteiger partial charge in [0.25, 0.3) is 0 Å². The maximum Gasteiger partial charge on any atom is 0.239 e. The Hall–Kier alpha value is -2.17. The molecule has 0 radical (unpaired) electrons. The van der Waals surface area contributed by atoms with E-state index in [2.05, 4.69) is 10.2 Å². The molecule has 1 aromatic heterocycles. The van der Waals surface area contributed by atoms with Crippen molar-refractivity contribution in [2.45, 2.75) is 6.42 Å². The number of rotatable bonds is 2. The number of carbonyl (C=O) groups is 1. The lowest BCUT2D eigenvalue weighted by molar-refractivity contribution is 0.0916. The predicted molar refractivity (Wildman–Crippen MR) is 55.2 cm³/mol. The highest BCUT2D eigenvalue weighted by molar-refractivity contribution is 5.83. The minimum Gasteiger partial charge on any atom is -0.368 e. The molecule has 0 aliphatic rings. The number of anilines is 1. The fourth-order valence-corrected chi connectivity index (χ4v) is 1.29. The van der Waals surface area contributed by atoms with E-state index >= 15 is 0 Å². The van der Waals surface area contributed by atoms with E-state index in [1.165, 1.54) is 10.9 Å². The second-order valence-electron chi connectivity index (χ2n) is 3.12. The van der Waals surface area contributed by atoms with Crippen molar-refractivity contribution >= 4 is 11.9 Å². The summed E-state index contributed by atoms with van der Waals surface area (Å²) < 4.78 is 1.24. The van der Waals surface area contributed by atoms with Crippen LogP contribution in [0.3, 0.4) is 0 Å². The van der Waals surface area contributed by atoms with E-state index in [0.717, 1.165) is 5.56 Å². The van der Waals surface area contributed by atoms with Gasteiger partial charge in [0.1, 0.15) is 6.33 Å². The largest absolute Gasteiger partial charge is 0.368 e. The highest BCUT2D eigenvalue weighted by Crippen LogP contribution is 2.03. The third kappa shape index (κ3) is 2.01. The van der Waals surface area contributed by atoms with Gasteiger partial charge in [-0.15, -0.1) is 10.2 Å². The number of carbonyl (C=O) groups excluding carboxylic acids is 1. The van der Waals surface area contributed by atoms with Gasteiger partial charge >= 0.3 is 0 Å². The molecule has 2 aromatic rings. The van der Waals surface area contributed by atoms with E-state index in [9.17, 15) is 4.79 Å². The fourth-order valence-electron chi connectivity index (χ4n) is 1.29. The normalized spacial score (nSPS) is 10.1. The van der Waals surface area contributed by atoms with Crippen LogP contribution >= 0.6 is 0 Å². The van der Waals surface area contributed by atoms with E-state index in [1.807, 2.05) is 30.3 Å². The Balaban J connectivity index is 2.15. The van der Waals surface area contributed by atoms with Crippen LogP contribution in [0, 0.1) is 0 Å². The molecule has 0 aliphatic heterocycles. The third-order valence-corrected chi connectivity index (χ3v) is 2.04. The van der Waals surface area contributed by atoms with Crippen molar-refractivity contribution in [3.63, 3.8) is 0 Å². The van der Waals surface area contributed by atoms with Gasteiger partial charge < -0.3 is 5.73 Å². The summed E-state index contributed by atoms with van der Waals surface area (Å²) in [5.74, 6) is -0.0142. The third-order valence-electron chi connectivity index (χ3n) is 2.04. The van der Waals surface area contributed by atoms with Crippen molar-refractivity contribution in [2.75, 3.05) is 5.73 Å². The molecule has 2 N–H and O–H groups in total. The first-order valence-corrected chi connectivity index (χ1v) is 4.50. The van der Waals surface area contributed by atoms with Crippen LogP contribution in [0.2, 0.25) is 0 Å². The van der Waals surface area contributed by atoms with Gasteiger partial charge in [-0.1, -0.05) is 30.3 Å². The van der Waals surface area contributed by atoms with Gasteiger partial charge in [-0.3, -0.25) is 4.79 Å². The molecule has 5 heteroatoms. The molecule has 76 valence electrons. The summed E-state index contributed by atoms with van der Waals surface area (Å²) in [4.78, 5) is 11.7. The Kier molecular flexibility index (Phi) is 2.45. The summed E-state index contributed by atoms with van der Waals surface area (Å²) in [6.45, 7) is 0. The van der Waals surface area contributed by atoms with E-state index in [-0.39, 0.29) is 11.9 Å². The Morgan fingerprint density at radius 1 is 1.33 bits per heavy atom.